The summed E-state index contributed by atoms with van der Waals surface area (Å²) in [6, 6.07) is 10.3. The van der Waals surface area contributed by atoms with Crippen molar-refractivity contribution in [3.8, 4) is 0 Å². The fraction of sp³-hybridized carbons (Fsp3) is 0.706. The molecule has 0 aromatic heterocycles. The van der Waals surface area contributed by atoms with E-state index in [0.717, 1.165) is 24.8 Å². The van der Waals surface area contributed by atoms with E-state index in [0.29, 0.717) is 19.8 Å². The van der Waals surface area contributed by atoms with Crippen LogP contribution in [0.3, 0.4) is 0 Å². The minimum atomic E-state index is -1.88. The van der Waals surface area contributed by atoms with Gasteiger partial charge in [-0.25, -0.2) is 0 Å². The van der Waals surface area contributed by atoms with Crippen LogP contribution in [0.4, 0.5) is 0 Å². The summed E-state index contributed by atoms with van der Waals surface area (Å²) in [5.41, 5.74) is -1.34. The third kappa shape index (κ3) is 5.68. The van der Waals surface area contributed by atoms with Crippen LogP contribution < -0.4 is 0 Å². The molecule has 41 heavy (non-hydrogen) atoms. The van der Waals surface area contributed by atoms with Crippen molar-refractivity contribution in [3.05, 3.63) is 60.2 Å². The highest BCUT2D eigenvalue weighted by molar-refractivity contribution is 6.74. The number of aliphatic hydroxyl groups is 1. The van der Waals surface area contributed by atoms with Gasteiger partial charge in [-0.2, -0.15) is 0 Å². The lowest BCUT2D eigenvalue weighted by Gasteiger charge is -2.50. The average Bonchev–Trinajstić information content (AvgIpc) is 3.23. The number of ether oxygens (including phenoxy) is 4. The molecule has 2 bridgehead atoms. The van der Waals surface area contributed by atoms with Crippen molar-refractivity contribution in [3.63, 3.8) is 0 Å². The minimum Gasteiger partial charge on any atom is -0.417 e. The highest BCUT2D eigenvalue weighted by Crippen LogP contribution is 2.71. The van der Waals surface area contributed by atoms with E-state index in [9.17, 15) is 5.11 Å². The quantitative estimate of drug-likeness (QED) is 0.152. The number of fused-ring (bicyclic) bond motifs is 2. The van der Waals surface area contributed by atoms with E-state index in [4.69, 9.17) is 23.4 Å². The molecule has 1 aromatic carbocycles. The minimum absolute atomic E-state index is 0.124. The molecule has 1 N–H and O–H groups in total. The maximum Gasteiger partial charge on any atom is 0.191 e. The summed E-state index contributed by atoms with van der Waals surface area (Å²) in [5.74, 6) is 0.205. The van der Waals surface area contributed by atoms with Crippen molar-refractivity contribution in [1.29, 1.82) is 0 Å². The highest BCUT2D eigenvalue weighted by atomic mass is 28.4. The largest absolute Gasteiger partial charge is 0.417 e. The second kappa shape index (κ2) is 12.0. The van der Waals surface area contributed by atoms with E-state index >= 15 is 0 Å². The Morgan fingerprint density at radius 1 is 1.10 bits per heavy atom. The zero-order valence-electron chi connectivity index (χ0n) is 26.9. The summed E-state index contributed by atoms with van der Waals surface area (Å²) >= 11 is 0. The molecule has 2 aliphatic carbocycles. The van der Waals surface area contributed by atoms with Crippen molar-refractivity contribution in [2.45, 2.75) is 109 Å². The van der Waals surface area contributed by atoms with E-state index in [2.05, 4.69) is 72.0 Å². The smallest absolute Gasteiger partial charge is 0.191 e. The van der Waals surface area contributed by atoms with E-state index in [-0.39, 0.29) is 35.4 Å². The van der Waals surface area contributed by atoms with Crippen LogP contribution in [-0.2, 0) is 30.0 Å². The molecule has 1 aromatic rings. The van der Waals surface area contributed by atoms with Crippen LogP contribution in [0.1, 0.15) is 66.4 Å². The fourth-order valence-corrected chi connectivity index (χ4v) is 8.32. The van der Waals surface area contributed by atoms with Gasteiger partial charge in [-0.3, -0.25) is 0 Å². The van der Waals surface area contributed by atoms with Crippen LogP contribution in [0.15, 0.2) is 54.6 Å². The first-order valence-electron chi connectivity index (χ1n) is 15.3. The van der Waals surface area contributed by atoms with Gasteiger partial charge in [0.2, 0.25) is 0 Å². The first-order chi connectivity index (χ1) is 19.2. The van der Waals surface area contributed by atoms with E-state index in [1.165, 1.54) is 0 Å². The molecular weight excluding hydrogens is 532 g/mol. The zero-order valence-corrected chi connectivity index (χ0v) is 27.9. The SMILES string of the molecule is C/C=C/[C@@]1(O)[C@H](OCOC)[C@H]2CC[C@]1(/C=C/[C@]1(OCc3ccccc3)CO[C@@H]1CCO[Si](C)(C)C(C)(C)C)C2(C)C. The van der Waals surface area contributed by atoms with Crippen molar-refractivity contribution in [2.24, 2.45) is 16.7 Å². The molecule has 230 valence electrons. The number of hydrogen-bond acceptors (Lipinski definition) is 6. The lowest BCUT2D eigenvalue weighted by molar-refractivity contribution is -0.244. The van der Waals surface area contributed by atoms with E-state index < -0.39 is 24.9 Å². The van der Waals surface area contributed by atoms with Gasteiger partial charge >= 0.3 is 0 Å². The monoisotopic (exact) mass is 586 g/mol. The molecule has 6 atom stereocenters. The van der Waals surface area contributed by atoms with Gasteiger partial charge < -0.3 is 28.5 Å². The molecular formula is C34H54O6Si. The standard InChI is InChI=1S/C34H54O6Si/c1-10-18-34(35)29(38-25-36-7)27-16-19-33(34,31(27,5)6)21-20-32(39-23-26-14-12-11-13-15-26)24-37-28(32)17-22-40-41(8,9)30(2,3)4/h10-15,18,20-21,27-29,35H,16-17,19,22-25H2,1-9H3/b18-10+,21-20+/t27-,28-,29-,32+,33+,34-/m1/s1. The van der Waals surface area contributed by atoms with Crippen LogP contribution in [0.5, 0.6) is 0 Å². The van der Waals surface area contributed by atoms with Gasteiger partial charge in [0.25, 0.3) is 0 Å². The molecule has 0 amide bonds. The van der Waals surface area contributed by atoms with Crippen molar-refractivity contribution in [2.75, 3.05) is 27.1 Å². The summed E-state index contributed by atoms with van der Waals surface area (Å²) in [4.78, 5) is 0. The van der Waals surface area contributed by atoms with Crippen molar-refractivity contribution < 1.29 is 28.5 Å². The van der Waals surface area contributed by atoms with Crippen molar-refractivity contribution >= 4 is 8.32 Å². The lowest BCUT2D eigenvalue weighted by atomic mass is 9.62. The average molecular weight is 587 g/mol. The molecule has 4 rings (SSSR count). The Balaban J connectivity index is 1.64. The topological polar surface area (TPSA) is 66.4 Å². The Hall–Kier alpha value is -1.32. The molecule has 1 saturated heterocycles. The van der Waals surface area contributed by atoms with E-state index in [1.807, 2.05) is 37.3 Å². The third-order valence-electron chi connectivity index (χ3n) is 10.9. The van der Waals surface area contributed by atoms with Gasteiger partial charge in [0.15, 0.2) is 8.32 Å². The van der Waals surface area contributed by atoms with Crippen LogP contribution in [0, 0.1) is 16.7 Å². The summed E-state index contributed by atoms with van der Waals surface area (Å²) in [7, 11) is -0.248. The van der Waals surface area contributed by atoms with Gasteiger partial charge in [-0.15, -0.1) is 0 Å². The second-order valence-corrected chi connectivity index (χ2v) is 19.2. The predicted molar refractivity (Wildman–Crippen MR) is 166 cm³/mol. The molecule has 1 heterocycles. The number of benzene rings is 1. The van der Waals surface area contributed by atoms with Crippen LogP contribution >= 0.6 is 0 Å². The predicted octanol–water partition coefficient (Wildman–Crippen LogP) is 7.04. The zero-order chi connectivity index (χ0) is 30.2. The Morgan fingerprint density at radius 3 is 2.39 bits per heavy atom. The molecule has 2 saturated carbocycles. The first-order valence-corrected chi connectivity index (χ1v) is 18.2. The molecule has 3 fully saturated rings. The molecule has 7 heteroatoms. The first kappa shape index (κ1) is 32.6. The van der Waals surface area contributed by atoms with Gasteiger partial charge in [0, 0.05) is 19.1 Å². The van der Waals surface area contributed by atoms with Crippen molar-refractivity contribution in [1.82, 2.24) is 0 Å². The Bertz CT molecular complexity index is 1080. The van der Waals surface area contributed by atoms with E-state index in [1.54, 1.807) is 7.11 Å². The van der Waals surface area contributed by atoms with Crippen LogP contribution in [0.25, 0.3) is 0 Å². The van der Waals surface area contributed by atoms with Gasteiger partial charge in [-0.1, -0.05) is 89.3 Å². The number of methoxy groups -OCH3 is 1. The molecule has 0 spiro atoms. The highest BCUT2D eigenvalue weighted by Gasteiger charge is 2.74. The molecule has 3 aliphatic rings. The summed E-state index contributed by atoms with van der Waals surface area (Å²) < 4.78 is 31.0. The molecule has 6 nitrogen and oxygen atoms in total. The Kier molecular flexibility index (Phi) is 9.53. The van der Waals surface area contributed by atoms with Gasteiger partial charge in [-0.05, 0) is 61.2 Å². The summed E-state index contributed by atoms with van der Waals surface area (Å²) in [6.07, 6.45) is 10.5. The van der Waals surface area contributed by atoms with Crippen LogP contribution in [-0.4, -0.2) is 64.0 Å². The molecule has 1 aliphatic heterocycles. The molecule has 0 unspecified atom stereocenters. The Labute approximate surface area is 249 Å². The number of rotatable bonds is 13. The second-order valence-electron chi connectivity index (χ2n) is 14.4. The maximum atomic E-state index is 12.4. The normalized spacial score (nSPS) is 35.0. The third-order valence-corrected chi connectivity index (χ3v) is 15.5. The fourth-order valence-electron chi connectivity index (χ4n) is 7.26. The summed E-state index contributed by atoms with van der Waals surface area (Å²) in [5, 5.41) is 12.6. The number of hydrogen-bond donors (Lipinski definition) is 1. The Morgan fingerprint density at radius 2 is 1.80 bits per heavy atom. The lowest BCUT2D eigenvalue weighted by Crippen LogP contribution is -2.60. The summed E-state index contributed by atoms with van der Waals surface area (Å²) in [6.45, 7) is 19.7. The maximum absolute atomic E-state index is 12.4. The number of allylic oxidation sites excluding steroid dienone is 1. The van der Waals surface area contributed by atoms with Gasteiger partial charge in [0.1, 0.15) is 18.0 Å². The van der Waals surface area contributed by atoms with Crippen LogP contribution in [0.2, 0.25) is 18.1 Å². The molecule has 0 radical (unpaired) electrons. The van der Waals surface area contributed by atoms with Gasteiger partial charge in [0.05, 0.1) is 25.4 Å².